The fourth-order valence-electron chi connectivity index (χ4n) is 3.44. The average molecular weight is 533 g/mol. The van der Waals surface area contributed by atoms with Gasteiger partial charge in [0.2, 0.25) is 12.2 Å². The van der Waals surface area contributed by atoms with Crippen molar-refractivity contribution in [2.24, 2.45) is 0 Å². The highest BCUT2D eigenvalue weighted by molar-refractivity contribution is 7.73. The van der Waals surface area contributed by atoms with Crippen molar-refractivity contribution in [3.63, 3.8) is 0 Å². The van der Waals surface area contributed by atoms with E-state index in [0.717, 1.165) is 11.0 Å². The van der Waals surface area contributed by atoms with E-state index in [1.165, 1.54) is 36.7 Å². The summed E-state index contributed by atoms with van der Waals surface area (Å²) in [6, 6.07) is 6.46. The third-order valence-electron chi connectivity index (χ3n) is 5.27. The lowest BCUT2D eigenvalue weighted by Crippen LogP contribution is -2.37. The van der Waals surface area contributed by atoms with Gasteiger partial charge in [0.1, 0.15) is 0 Å². The van der Waals surface area contributed by atoms with Gasteiger partial charge in [-0.25, -0.2) is 9.69 Å². The fraction of sp³-hybridized carbons (Fsp3) is 0.316. The molecule has 2 saturated heterocycles. The van der Waals surface area contributed by atoms with Gasteiger partial charge in [-0.15, -0.1) is 0 Å². The molecule has 15 heteroatoms. The fourth-order valence-corrected chi connectivity index (χ4v) is 7.25. The number of halogens is 1. The van der Waals surface area contributed by atoms with Gasteiger partial charge in [0.05, 0.1) is 5.02 Å². The molecule has 2 aromatic rings. The van der Waals surface area contributed by atoms with Crippen LogP contribution < -0.4 is 4.74 Å². The van der Waals surface area contributed by atoms with Crippen molar-refractivity contribution in [2.75, 3.05) is 6.54 Å². The summed E-state index contributed by atoms with van der Waals surface area (Å²) in [5, 5.41) is 7.45. The van der Waals surface area contributed by atoms with Crippen LogP contribution in [0.3, 0.4) is 0 Å². The number of imide groups is 1. The molecule has 1 aromatic heterocycles. The second kappa shape index (κ2) is 9.14. The maximum Gasteiger partial charge on any atom is 0.422 e. The molecule has 12 nitrogen and oxygen atoms in total. The number of carbonyl (C=O) groups is 2. The Morgan fingerprint density at radius 2 is 1.97 bits per heavy atom. The van der Waals surface area contributed by atoms with E-state index in [1.807, 2.05) is 0 Å². The molecule has 1 aromatic carbocycles. The van der Waals surface area contributed by atoms with Crippen LogP contribution in [0.5, 0.6) is 5.75 Å². The van der Waals surface area contributed by atoms with Gasteiger partial charge in [-0.2, -0.15) is 0 Å². The lowest BCUT2D eigenvalue weighted by Gasteiger charge is -2.41. The lowest BCUT2D eigenvalue weighted by atomic mass is 10.2. The monoisotopic (exact) mass is 532 g/mol. The molecule has 2 aliphatic rings. The molecule has 2 unspecified atom stereocenters. The smallest absolute Gasteiger partial charge is 0.408 e. The zero-order valence-corrected chi connectivity index (χ0v) is 19.9. The van der Waals surface area contributed by atoms with Crippen LogP contribution in [0.15, 0.2) is 42.7 Å². The first-order valence-corrected chi connectivity index (χ1v) is 13.4. The molecule has 2 aliphatic heterocycles. The third-order valence-corrected chi connectivity index (χ3v) is 10.2. The van der Waals surface area contributed by atoms with Crippen LogP contribution in [-0.2, 0) is 29.4 Å². The van der Waals surface area contributed by atoms with Crippen molar-refractivity contribution >= 4 is 38.8 Å². The summed E-state index contributed by atoms with van der Waals surface area (Å²) >= 11 is 6.13. The first-order chi connectivity index (χ1) is 15.9. The van der Waals surface area contributed by atoms with Crippen molar-refractivity contribution < 1.29 is 47.4 Å². The Hall–Kier alpha value is -2.14. The molecule has 0 aliphatic carbocycles. The number of carbonyl (C=O) groups excluding carboxylic acids is 2. The molecule has 182 valence electrons. The number of likely N-dealkylation sites (tertiary alicyclic amines) is 1. The molecule has 3 heterocycles. The number of amides is 2. The van der Waals surface area contributed by atoms with Crippen LogP contribution in [0.2, 0.25) is 5.02 Å². The van der Waals surface area contributed by atoms with E-state index < -0.39 is 39.1 Å². The number of rotatable bonds is 4. The van der Waals surface area contributed by atoms with Crippen LogP contribution in [0, 0.1) is 0 Å². The molecule has 0 saturated carbocycles. The SMILES string of the molecule is O=C1CCCN1C(=O)Oc1ccc(C2OP(=O)(O)C(O)(Cc3cccnc3)P(=O)(O)O2)cc1Cl. The highest BCUT2D eigenvalue weighted by Gasteiger charge is 2.67. The number of ether oxygens (including phenoxy) is 1. The first-order valence-electron chi connectivity index (χ1n) is 9.89. The van der Waals surface area contributed by atoms with Crippen LogP contribution >= 0.6 is 26.8 Å². The van der Waals surface area contributed by atoms with Gasteiger partial charge in [0.25, 0.3) is 5.08 Å². The minimum absolute atomic E-state index is 0.0611. The Balaban J connectivity index is 1.55. The van der Waals surface area contributed by atoms with E-state index in [1.54, 1.807) is 0 Å². The summed E-state index contributed by atoms with van der Waals surface area (Å²) in [6.07, 6.45) is -0.0761. The van der Waals surface area contributed by atoms with E-state index in [4.69, 9.17) is 25.4 Å². The van der Waals surface area contributed by atoms with Gasteiger partial charge in [-0.05, 0) is 30.2 Å². The maximum absolute atomic E-state index is 12.9. The summed E-state index contributed by atoms with van der Waals surface area (Å²) in [7, 11) is -10.3. The van der Waals surface area contributed by atoms with E-state index >= 15 is 0 Å². The Morgan fingerprint density at radius 3 is 2.53 bits per heavy atom. The Kier molecular flexibility index (Phi) is 6.71. The quantitative estimate of drug-likeness (QED) is 0.493. The largest absolute Gasteiger partial charge is 0.422 e. The minimum atomic E-state index is -5.17. The molecule has 2 amide bonds. The zero-order chi connectivity index (χ0) is 24.7. The number of pyridine rings is 1. The van der Waals surface area contributed by atoms with Gasteiger partial charge in [-0.3, -0.25) is 28.0 Å². The lowest BCUT2D eigenvalue weighted by molar-refractivity contribution is -0.125. The highest BCUT2D eigenvalue weighted by atomic mass is 35.5. The summed E-state index contributed by atoms with van der Waals surface area (Å²) in [5.41, 5.74) is 0.138. The van der Waals surface area contributed by atoms with E-state index in [-0.39, 0.29) is 40.8 Å². The Labute approximate surface area is 198 Å². The molecule has 4 rings (SSSR count). The predicted octanol–water partition coefficient (Wildman–Crippen LogP) is 3.16. The normalized spacial score (nSPS) is 31.5. The van der Waals surface area contributed by atoms with Crippen LogP contribution in [-0.4, -0.2) is 48.4 Å². The Bertz CT molecular complexity index is 1200. The second-order valence-corrected chi connectivity index (χ2v) is 12.3. The Morgan fingerprint density at radius 1 is 1.26 bits per heavy atom. The molecule has 2 fully saturated rings. The van der Waals surface area contributed by atoms with Crippen molar-refractivity contribution in [2.45, 2.75) is 30.6 Å². The number of nitrogens with zero attached hydrogens (tertiary/aromatic N) is 2. The molecule has 34 heavy (non-hydrogen) atoms. The van der Waals surface area contributed by atoms with E-state index in [2.05, 4.69) is 4.98 Å². The van der Waals surface area contributed by atoms with Crippen LogP contribution in [0.25, 0.3) is 0 Å². The average Bonchev–Trinajstić information content (AvgIpc) is 3.20. The molecular weight excluding hydrogens is 514 g/mol. The first kappa shape index (κ1) is 25.0. The predicted molar refractivity (Wildman–Crippen MR) is 116 cm³/mol. The molecule has 3 N–H and O–H groups in total. The number of benzene rings is 1. The van der Waals surface area contributed by atoms with Gasteiger partial charge < -0.3 is 19.6 Å². The van der Waals surface area contributed by atoms with Crippen LogP contribution in [0.1, 0.15) is 30.3 Å². The summed E-state index contributed by atoms with van der Waals surface area (Å²) in [4.78, 5) is 49.4. The topological polar surface area (TPSA) is 173 Å². The molecule has 0 spiro atoms. The summed E-state index contributed by atoms with van der Waals surface area (Å²) < 4.78 is 40.9. The third kappa shape index (κ3) is 4.56. The van der Waals surface area contributed by atoms with Crippen molar-refractivity contribution in [1.82, 2.24) is 9.88 Å². The van der Waals surface area contributed by atoms with Crippen molar-refractivity contribution in [3.8, 4) is 5.75 Å². The second-order valence-electron chi connectivity index (χ2n) is 7.60. The van der Waals surface area contributed by atoms with Crippen LogP contribution in [0.4, 0.5) is 4.79 Å². The van der Waals surface area contributed by atoms with E-state index in [9.17, 15) is 33.6 Å². The van der Waals surface area contributed by atoms with Crippen molar-refractivity contribution in [3.05, 3.63) is 58.9 Å². The van der Waals surface area contributed by atoms with E-state index in [0.29, 0.717) is 6.42 Å². The summed E-state index contributed by atoms with van der Waals surface area (Å²) in [5.74, 6) is -0.503. The van der Waals surface area contributed by atoms with Gasteiger partial charge in [0.15, 0.2) is 5.75 Å². The molecule has 0 radical (unpaired) electrons. The standard InChI is InChI=1S/C19H19ClN2O10P2/c20-14-9-13(5-6-15(14)30-18(24)22-8-2-4-16(22)23)17-31-33(26,27)19(25,34(28,29)32-17)10-12-3-1-7-21-11-12/h1,3,5-7,9,11,17,25H,2,4,8,10H2,(H,26,27)(H,28,29). The number of hydrogen-bond donors (Lipinski definition) is 3. The molecule has 0 bridgehead atoms. The number of hydrogen-bond acceptors (Lipinski definition) is 9. The molecule has 2 atom stereocenters. The number of aromatic nitrogens is 1. The van der Waals surface area contributed by atoms with Gasteiger partial charge in [0, 0.05) is 37.3 Å². The number of aliphatic hydroxyl groups is 1. The highest BCUT2D eigenvalue weighted by Crippen LogP contribution is 2.79. The van der Waals surface area contributed by atoms with Crippen molar-refractivity contribution in [1.29, 1.82) is 0 Å². The zero-order valence-electron chi connectivity index (χ0n) is 17.3. The molecular formula is C19H19ClN2O10P2. The van der Waals surface area contributed by atoms with Gasteiger partial charge in [-0.1, -0.05) is 23.7 Å². The minimum Gasteiger partial charge on any atom is -0.408 e. The van der Waals surface area contributed by atoms with Gasteiger partial charge >= 0.3 is 21.3 Å². The summed E-state index contributed by atoms with van der Waals surface area (Å²) in [6.45, 7) is 0.219. The maximum atomic E-state index is 12.9.